The molecule has 0 atom stereocenters. The first-order valence-electron chi connectivity index (χ1n) is 5.68. The number of hydrogen-bond donors (Lipinski definition) is 0. The summed E-state index contributed by atoms with van der Waals surface area (Å²) >= 11 is 1.58. The van der Waals surface area contributed by atoms with Crippen LogP contribution in [0.1, 0.15) is 22.5 Å². The highest BCUT2D eigenvalue weighted by Crippen LogP contribution is 2.30. The van der Waals surface area contributed by atoms with Gasteiger partial charge in [-0.25, -0.2) is 0 Å². The quantitative estimate of drug-likeness (QED) is 0.625. The third kappa shape index (κ3) is 1.61. The van der Waals surface area contributed by atoms with Gasteiger partial charge in [0.1, 0.15) is 0 Å². The normalized spacial score (nSPS) is 13.1. The molecule has 0 saturated heterocycles. The van der Waals surface area contributed by atoms with Crippen LogP contribution >= 0.6 is 11.8 Å². The van der Waals surface area contributed by atoms with Crippen molar-refractivity contribution < 1.29 is 0 Å². The lowest BCUT2D eigenvalue weighted by molar-refractivity contribution is 0.922. The van der Waals surface area contributed by atoms with Gasteiger partial charge in [0, 0.05) is 11.8 Å². The van der Waals surface area contributed by atoms with Gasteiger partial charge in [-0.05, 0) is 30.4 Å². The van der Waals surface area contributed by atoms with E-state index in [0.717, 1.165) is 22.1 Å². The smallest absolute Gasteiger partial charge is 0.195 e. The standard InChI is InChI=1S/C14H13N3S/c1-9-4-5-12-10(2)13-15-16-14(18-3)17(13)7-6-11(12)8-9/h4-8H,2H2,1,3H3. The van der Waals surface area contributed by atoms with Crippen molar-refractivity contribution in [3.8, 4) is 0 Å². The van der Waals surface area contributed by atoms with Crippen molar-refractivity contribution in [2.24, 2.45) is 0 Å². The average molecular weight is 255 g/mol. The summed E-state index contributed by atoms with van der Waals surface area (Å²) in [5.74, 6) is 0.818. The summed E-state index contributed by atoms with van der Waals surface area (Å²) in [6.45, 7) is 6.25. The van der Waals surface area contributed by atoms with E-state index in [-0.39, 0.29) is 0 Å². The molecule has 1 aromatic carbocycles. The fraction of sp³-hybridized carbons (Fsp3) is 0.143. The molecule has 0 N–H and O–H groups in total. The zero-order valence-corrected chi connectivity index (χ0v) is 11.2. The zero-order chi connectivity index (χ0) is 12.7. The van der Waals surface area contributed by atoms with Crippen LogP contribution in [0, 0.1) is 6.92 Å². The highest BCUT2D eigenvalue weighted by molar-refractivity contribution is 7.98. The molecule has 2 heterocycles. The van der Waals surface area contributed by atoms with Crippen molar-refractivity contribution in [3.63, 3.8) is 0 Å². The van der Waals surface area contributed by atoms with Crippen LogP contribution in [0.3, 0.4) is 0 Å². The van der Waals surface area contributed by atoms with Crippen LogP contribution < -0.4 is 0 Å². The van der Waals surface area contributed by atoms with Crippen LogP contribution in [-0.4, -0.2) is 21.0 Å². The molecule has 0 saturated carbocycles. The number of nitrogens with zero attached hydrogens (tertiary/aromatic N) is 3. The summed E-state index contributed by atoms with van der Waals surface area (Å²) in [4.78, 5) is 0. The van der Waals surface area contributed by atoms with Crippen LogP contribution in [0.15, 0.2) is 29.9 Å². The molecule has 1 aliphatic rings. The Morgan fingerprint density at radius 1 is 1.28 bits per heavy atom. The molecule has 4 heteroatoms. The third-order valence-corrected chi connectivity index (χ3v) is 3.70. The largest absolute Gasteiger partial charge is 0.277 e. The molecule has 90 valence electrons. The predicted molar refractivity (Wildman–Crippen MR) is 76.3 cm³/mol. The first kappa shape index (κ1) is 11.3. The first-order chi connectivity index (χ1) is 8.70. The third-order valence-electron chi connectivity index (χ3n) is 3.05. The number of hydrogen-bond acceptors (Lipinski definition) is 3. The molecule has 0 amide bonds. The van der Waals surface area contributed by atoms with Gasteiger partial charge in [0.2, 0.25) is 0 Å². The summed E-state index contributed by atoms with van der Waals surface area (Å²) in [7, 11) is 0. The lowest BCUT2D eigenvalue weighted by atomic mass is 9.99. The van der Waals surface area contributed by atoms with Crippen molar-refractivity contribution >= 4 is 29.6 Å². The number of fused-ring (bicyclic) bond motifs is 2. The van der Waals surface area contributed by atoms with Crippen LogP contribution in [0.25, 0.3) is 17.8 Å². The van der Waals surface area contributed by atoms with Gasteiger partial charge in [0.25, 0.3) is 0 Å². The van der Waals surface area contributed by atoms with E-state index in [9.17, 15) is 0 Å². The molecule has 2 aromatic rings. The summed E-state index contributed by atoms with van der Waals surface area (Å²) in [6, 6.07) is 6.36. The van der Waals surface area contributed by atoms with E-state index in [1.807, 2.05) is 17.0 Å². The van der Waals surface area contributed by atoms with E-state index in [1.165, 1.54) is 11.1 Å². The maximum atomic E-state index is 4.23. The van der Waals surface area contributed by atoms with Crippen LogP contribution in [0.2, 0.25) is 0 Å². The van der Waals surface area contributed by atoms with Crippen molar-refractivity contribution in [2.75, 3.05) is 6.26 Å². The van der Waals surface area contributed by atoms with Crippen molar-refractivity contribution in [1.29, 1.82) is 0 Å². The van der Waals surface area contributed by atoms with Gasteiger partial charge in [0.05, 0.1) is 0 Å². The molecule has 18 heavy (non-hydrogen) atoms. The van der Waals surface area contributed by atoms with E-state index < -0.39 is 0 Å². The van der Waals surface area contributed by atoms with E-state index in [0.29, 0.717) is 0 Å². The second-order valence-electron chi connectivity index (χ2n) is 4.27. The van der Waals surface area contributed by atoms with Gasteiger partial charge in [-0.1, -0.05) is 42.1 Å². The maximum absolute atomic E-state index is 4.23. The van der Waals surface area contributed by atoms with E-state index in [1.54, 1.807) is 11.8 Å². The molecule has 0 bridgehead atoms. The highest BCUT2D eigenvalue weighted by atomic mass is 32.2. The average Bonchev–Trinajstić information content (AvgIpc) is 2.73. The van der Waals surface area contributed by atoms with E-state index in [2.05, 4.69) is 48.0 Å². The topological polar surface area (TPSA) is 30.7 Å². The maximum Gasteiger partial charge on any atom is 0.195 e. The Labute approximate surface area is 110 Å². The van der Waals surface area contributed by atoms with Crippen LogP contribution in [0.4, 0.5) is 0 Å². The Kier molecular flexibility index (Phi) is 2.59. The Morgan fingerprint density at radius 2 is 2.11 bits per heavy atom. The van der Waals surface area contributed by atoms with Gasteiger partial charge in [-0.15, -0.1) is 10.2 Å². The van der Waals surface area contributed by atoms with E-state index >= 15 is 0 Å². The number of benzene rings is 1. The monoisotopic (exact) mass is 255 g/mol. The van der Waals surface area contributed by atoms with Crippen molar-refractivity contribution in [1.82, 2.24) is 14.8 Å². The Balaban J connectivity index is 2.24. The number of aryl methyl sites for hydroxylation is 1. The summed E-state index contributed by atoms with van der Waals surface area (Å²) in [5.41, 5.74) is 4.46. The van der Waals surface area contributed by atoms with Gasteiger partial charge >= 0.3 is 0 Å². The predicted octanol–water partition coefficient (Wildman–Crippen LogP) is 3.31. The van der Waals surface area contributed by atoms with Crippen molar-refractivity contribution in [3.05, 3.63) is 47.3 Å². The first-order valence-corrected chi connectivity index (χ1v) is 6.90. The number of rotatable bonds is 1. The molecule has 0 fully saturated rings. The Bertz CT molecular complexity index is 668. The fourth-order valence-corrected chi connectivity index (χ4v) is 2.59. The summed E-state index contributed by atoms with van der Waals surface area (Å²) in [5, 5.41) is 9.28. The van der Waals surface area contributed by atoms with Gasteiger partial charge in [-0.2, -0.15) is 0 Å². The molecule has 0 aliphatic carbocycles. The molecule has 0 spiro atoms. The lowest BCUT2D eigenvalue weighted by Gasteiger charge is -2.06. The fourth-order valence-electron chi connectivity index (χ4n) is 2.13. The molecule has 0 unspecified atom stereocenters. The molecule has 3 nitrogen and oxygen atoms in total. The summed E-state index contributed by atoms with van der Waals surface area (Å²) in [6.07, 6.45) is 6.10. The van der Waals surface area contributed by atoms with Crippen molar-refractivity contribution in [2.45, 2.75) is 12.1 Å². The van der Waals surface area contributed by atoms with Gasteiger partial charge in [-0.3, -0.25) is 4.57 Å². The Morgan fingerprint density at radius 3 is 2.89 bits per heavy atom. The highest BCUT2D eigenvalue weighted by Gasteiger charge is 2.18. The Hall–Kier alpha value is -1.81. The van der Waals surface area contributed by atoms with Gasteiger partial charge < -0.3 is 0 Å². The molecule has 1 aliphatic heterocycles. The van der Waals surface area contributed by atoms with Gasteiger partial charge in [0.15, 0.2) is 11.0 Å². The molecule has 1 aromatic heterocycles. The van der Waals surface area contributed by atoms with E-state index in [4.69, 9.17) is 0 Å². The number of aromatic nitrogens is 3. The minimum Gasteiger partial charge on any atom is -0.277 e. The minimum atomic E-state index is 0.818. The molecular weight excluding hydrogens is 242 g/mol. The summed E-state index contributed by atoms with van der Waals surface area (Å²) < 4.78 is 1.99. The lowest BCUT2D eigenvalue weighted by Crippen LogP contribution is -1.96. The number of thioether (sulfide) groups is 1. The molecule has 0 radical (unpaired) electrons. The second-order valence-corrected chi connectivity index (χ2v) is 5.04. The van der Waals surface area contributed by atoms with Crippen LogP contribution in [-0.2, 0) is 0 Å². The molecule has 3 rings (SSSR count). The SMILES string of the molecule is C=C1c2ccc(C)cc2C=Cn2c(SC)nnc21. The van der Waals surface area contributed by atoms with Crippen LogP contribution in [0.5, 0.6) is 0 Å². The zero-order valence-electron chi connectivity index (χ0n) is 10.3. The molecular formula is C14H13N3S. The second kappa shape index (κ2) is 4.14. The minimum absolute atomic E-state index is 0.818.